The fourth-order valence-corrected chi connectivity index (χ4v) is 2.36. The van der Waals surface area contributed by atoms with Crippen LogP contribution in [-0.2, 0) is 4.74 Å². The van der Waals surface area contributed by atoms with Gasteiger partial charge in [-0.15, -0.1) is 0 Å². The highest BCUT2D eigenvalue weighted by molar-refractivity contribution is 5.98. The molecule has 2 aromatic rings. The van der Waals surface area contributed by atoms with Crippen LogP contribution in [0.1, 0.15) is 10.4 Å². The maximum Gasteiger partial charge on any atom is 0.396 e. The molecular formula is C15H14F4N4O2. The van der Waals surface area contributed by atoms with Crippen LogP contribution in [0.2, 0.25) is 0 Å². The van der Waals surface area contributed by atoms with E-state index in [9.17, 15) is 22.4 Å². The van der Waals surface area contributed by atoms with Gasteiger partial charge in [-0.25, -0.2) is 9.07 Å². The minimum atomic E-state index is -4.47. The van der Waals surface area contributed by atoms with Gasteiger partial charge in [0, 0.05) is 6.54 Å². The molecule has 1 saturated heterocycles. The van der Waals surface area contributed by atoms with Crippen LogP contribution < -0.4 is 11.1 Å². The van der Waals surface area contributed by atoms with E-state index in [1.54, 1.807) is 0 Å². The molecule has 0 spiro atoms. The molecule has 25 heavy (non-hydrogen) atoms. The summed E-state index contributed by atoms with van der Waals surface area (Å²) in [5.74, 6) is -3.06. The Kier molecular flexibility index (Phi) is 4.38. The smallest absolute Gasteiger partial charge is 0.383 e. The lowest BCUT2D eigenvalue weighted by molar-refractivity contribution is -0.177. The second-order valence-electron chi connectivity index (χ2n) is 5.56. The van der Waals surface area contributed by atoms with E-state index in [-0.39, 0.29) is 18.0 Å². The summed E-state index contributed by atoms with van der Waals surface area (Å²) in [6.07, 6.45) is -4.26. The van der Waals surface area contributed by atoms with Crippen molar-refractivity contribution < 1.29 is 27.1 Å². The maximum atomic E-state index is 13.0. The predicted molar refractivity (Wildman–Crippen MR) is 79.6 cm³/mol. The highest BCUT2D eigenvalue weighted by Gasteiger charge is 2.50. The molecule has 1 aliphatic rings. The molecule has 0 aliphatic carbocycles. The molecule has 1 aromatic carbocycles. The molecule has 0 radical (unpaired) electrons. The van der Waals surface area contributed by atoms with E-state index < -0.39 is 36.5 Å². The van der Waals surface area contributed by atoms with Gasteiger partial charge in [0.1, 0.15) is 23.1 Å². The summed E-state index contributed by atoms with van der Waals surface area (Å²) in [5, 5.41) is 6.13. The summed E-state index contributed by atoms with van der Waals surface area (Å²) in [4.78, 5) is 12.1. The Morgan fingerprint density at radius 3 is 2.60 bits per heavy atom. The fraction of sp³-hybridized carbons (Fsp3) is 0.333. The van der Waals surface area contributed by atoms with Gasteiger partial charge in [0.15, 0.2) is 0 Å². The predicted octanol–water partition coefficient (Wildman–Crippen LogP) is 1.90. The molecule has 2 atom stereocenters. The Labute approximate surface area is 139 Å². The number of ether oxygens (including phenoxy) is 1. The standard InChI is InChI=1S/C15H14F4N4O2/c16-8-1-3-9(4-2-8)23-13(20)10(5-22-23)14(24)21-6-11(12-7-25-12)15(17,18)19/h1-5,11-12H,6-7,20H2,(H,21,24). The number of hydrogen-bond acceptors (Lipinski definition) is 4. The minimum Gasteiger partial charge on any atom is -0.383 e. The van der Waals surface area contributed by atoms with E-state index in [1.165, 1.54) is 28.9 Å². The van der Waals surface area contributed by atoms with Crippen molar-refractivity contribution >= 4 is 11.7 Å². The van der Waals surface area contributed by atoms with Gasteiger partial charge < -0.3 is 15.8 Å². The molecular weight excluding hydrogens is 344 g/mol. The average Bonchev–Trinajstić information content (AvgIpc) is 3.29. The van der Waals surface area contributed by atoms with Crippen molar-refractivity contribution in [2.45, 2.75) is 12.3 Å². The average molecular weight is 358 g/mol. The molecule has 0 bridgehead atoms. The van der Waals surface area contributed by atoms with Gasteiger partial charge in [0.2, 0.25) is 0 Å². The molecule has 1 fully saturated rings. The number of nitrogens with two attached hydrogens (primary N) is 1. The van der Waals surface area contributed by atoms with Crippen molar-refractivity contribution in [1.29, 1.82) is 0 Å². The zero-order chi connectivity index (χ0) is 18.2. The maximum absolute atomic E-state index is 13.0. The lowest BCUT2D eigenvalue weighted by atomic mass is 10.1. The van der Waals surface area contributed by atoms with Crippen LogP contribution in [0.3, 0.4) is 0 Å². The van der Waals surface area contributed by atoms with Gasteiger partial charge in [-0.05, 0) is 24.3 Å². The summed E-state index contributed by atoms with van der Waals surface area (Å²) in [7, 11) is 0. The summed E-state index contributed by atoms with van der Waals surface area (Å²) in [5.41, 5.74) is 6.18. The quantitative estimate of drug-likeness (QED) is 0.632. The number of carbonyl (C=O) groups excluding carboxylic acids is 1. The van der Waals surface area contributed by atoms with E-state index in [2.05, 4.69) is 15.2 Å². The van der Waals surface area contributed by atoms with Crippen molar-refractivity contribution in [3.05, 3.63) is 41.8 Å². The highest BCUT2D eigenvalue weighted by Crippen LogP contribution is 2.35. The highest BCUT2D eigenvalue weighted by atomic mass is 19.4. The summed E-state index contributed by atoms with van der Waals surface area (Å²) in [6, 6.07) is 5.20. The van der Waals surface area contributed by atoms with Gasteiger partial charge in [0.05, 0.1) is 24.6 Å². The number of nitrogen functional groups attached to an aromatic ring is 1. The molecule has 134 valence electrons. The van der Waals surface area contributed by atoms with Crippen molar-refractivity contribution in [3.8, 4) is 5.69 Å². The summed E-state index contributed by atoms with van der Waals surface area (Å²) < 4.78 is 57.5. The number of aromatic nitrogens is 2. The van der Waals surface area contributed by atoms with Gasteiger partial charge >= 0.3 is 6.18 Å². The van der Waals surface area contributed by atoms with Crippen LogP contribution >= 0.6 is 0 Å². The first-order valence-corrected chi connectivity index (χ1v) is 7.33. The van der Waals surface area contributed by atoms with Gasteiger partial charge in [0.25, 0.3) is 5.91 Å². The van der Waals surface area contributed by atoms with E-state index in [0.29, 0.717) is 5.69 Å². The number of nitrogens with one attached hydrogen (secondary N) is 1. The monoisotopic (exact) mass is 358 g/mol. The first-order valence-electron chi connectivity index (χ1n) is 7.33. The Morgan fingerprint density at radius 2 is 2.04 bits per heavy atom. The number of nitrogens with zero attached hydrogens (tertiary/aromatic N) is 2. The van der Waals surface area contributed by atoms with E-state index in [4.69, 9.17) is 5.73 Å². The van der Waals surface area contributed by atoms with Crippen LogP contribution in [0.15, 0.2) is 30.5 Å². The fourth-order valence-electron chi connectivity index (χ4n) is 2.36. The zero-order valence-electron chi connectivity index (χ0n) is 12.8. The number of rotatable bonds is 5. The number of anilines is 1. The van der Waals surface area contributed by atoms with Gasteiger partial charge in [-0.2, -0.15) is 18.3 Å². The largest absolute Gasteiger partial charge is 0.396 e. The third-order valence-electron chi connectivity index (χ3n) is 3.83. The molecule has 1 aromatic heterocycles. The molecule has 1 amide bonds. The summed E-state index contributed by atoms with van der Waals surface area (Å²) in [6.45, 7) is -0.598. The Hall–Kier alpha value is -2.62. The molecule has 3 N–H and O–H groups in total. The Morgan fingerprint density at radius 1 is 1.40 bits per heavy atom. The first kappa shape index (κ1) is 17.2. The lowest BCUT2D eigenvalue weighted by Gasteiger charge is -2.18. The van der Waals surface area contributed by atoms with Crippen LogP contribution in [0.5, 0.6) is 0 Å². The molecule has 2 heterocycles. The van der Waals surface area contributed by atoms with E-state index >= 15 is 0 Å². The molecule has 3 rings (SSSR count). The molecule has 6 nitrogen and oxygen atoms in total. The molecule has 1 aliphatic heterocycles. The number of hydrogen-bond donors (Lipinski definition) is 2. The number of halogens is 4. The van der Waals surface area contributed by atoms with E-state index in [0.717, 1.165) is 6.20 Å². The zero-order valence-corrected chi connectivity index (χ0v) is 12.8. The number of carbonyl (C=O) groups is 1. The Bertz CT molecular complexity index is 769. The third-order valence-corrected chi connectivity index (χ3v) is 3.83. The molecule has 2 unspecified atom stereocenters. The third kappa shape index (κ3) is 3.73. The first-order chi connectivity index (χ1) is 11.8. The van der Waals surface area contributed by atoms with Crippen molar-refractivity contribution in [2.75, 3.05) is 18.9 Å². The lowest BCUT2D eigenvalue weighted by Crippen LogP contribution is -2.39. The number of alkyl halides is 3. The Balaban J connectivity index is 1.71. The number of epoxide rings is 1. The van der Waals surface area contributed by atoms with Crippen molar-refractivity contribution in [3.63, 3.8) is 0 Å². The van der Waals surface area contributed by atoms with Gasteiger partial charge in [-0.3, -0.25) is 4.79 Å². The minimum absolute atomic E-state index is 0.0185. The van der Waals surface area contributed by atoms with Crippen LogP contribution in [0, 0.1) is 11.7 Å². The van der Waals surface area contributed by atoms with Crippen LogP contribution in [0.4, 0.5) is 23.4 Å². The second-order valence-corrected chi connectivity index (χ2v) is 5.56. The van der Waals surface area contributed by atoms with Crippen molar-refractivity contribution in [2.24, 2.45) is 5.92 Å². The van der Waals surface area contributed by atoms with Crippen LogP contribution in [0.25, 0.3) is 5.69 Å². The van der Waals surface area contributed by atoms with Gasteiger partial charge in [-0.1, -0.05) is 0 Å². The SMILES string of the molecule is Nc1c(C(=O)NCC(C2CO2)C(F)(F)F)cnn1-c1ccc(F)cc1. The van der Waals surface area contributed by atoms with Crippen molar-refractivity contribution in [1.82, 2.24) is 15.1 Å². The second kappa shape index (κ2) is 6.36. The number of benzene rings is 1. The number of amides is 1. The van der Waals surface area contributed by atoms with E-state index in [1.807, 2.05) is 0 Å². The topological polar surface area (TPSA) is 85.5 Å². The molecule has 0 saturated carbocycles. The van der Waals surface area contributed by atoms with Crippen LogP contribution in [-0.4, -0.2) is 41.1 Å². The molecule has 10 heteroatoms. The normalized spacial score (nSPS) is 18.0. The summed E-state index contributed by atoms with van der Waals surface area (Å²) >= 11 is 0.